The van der Waals surface area contributed by atoms with Crippen molar-refractivity contribution in [3.63, 3.8) is 0 Å². The lowest BCUT2D eigenvalue weighted by Crippen LogP contribution is -2.66. The van der Waals surface area contributed by atoms with Gasteiger partial charge in [-0.25, -0.2) is 8.78 Å². The summed E-state index contributed by atoms with van der Waals surface area (Å²) in [6.45, 7) is 0. The summed E-state index contributed by atoms with van der Waals surface area (Å²) < 4.78 is 24.3. The number of hydrogen-bond donors (Lipinski definition) is 2. The third-order valence-corrected chi connectivity index (χ3v) is 3.12. The molecule has 0 heterocycles. The molecule has 0 unspecified atom stereocenters. The Labute approximate surface area is 63.4 Å². The van der Waals surface area contributed by atoms with E-state index in [1.54, 1.807) is 0 Å². The van der Waals surface area contributed by atoms with Gasteiger partial charge in [-0.2, -0.15) is 0 Å². The normalized spacial score (nSPS) is 46.6. The topological polar surface area (TPSA) is 40.5 Å². The van der Waals surface area contributed by atoms with Crippen LogP contribution < -0.4 is 0 Å². The molecule has 0 amide bonds. The molecule has 3 aliphatic carbocycles. The zero-order valence-electron chi connectivity index (χ0n) is 5.93. The molecule has 3 fully saturated rings. The molecular weight excluding hydrogens is 153 g/mol. The smallest absolute Gasteiger partial charge is 0.427 e. The first-order chi connectivity index (χ1) is 5.01. The predicted molar refractivity (Wildman–Crippen MR) is 35.2 cm³/mol. The molecule has 0 spiro atoms. The largest absolute Gasteiger partial charge is 0.458 e. The van der Waals surface area contributed by atoms with Crippen LogP contribution in [0.25, 0.3) is 0 Å². The molecule has 0 atom stereocenters. The summed E-state index contributed by atoms with van der Waals surface area (Å²) in [6, 6.07) is 0. The fraction of sp³-hybridized carbons (Fsp3) is 1.00. The van der Waals surface area contributed by atoms with E-state index in [1.807, 2.05) is 0 Å². The lowest BCUT2D eigenvalue weighted by Gasteiger charge is -2.69. The molecule has 0 aromatic heterocycles. The average molecular weight is 162 g/mol. The van der Waals surface area contributed by atoms with Crippen LogP contribution in [-0.2, 0) is 0 Å². The zero-order chi connectivity index (χ0) is 8.28. The molecule has 62 valence electrons. The Kier molecular flexibility index (Phi) is 1.21. The zero-order valence-corrected chi connectivity index (χ0v) is 5.93. The van der Waals surface area contributed by atoms with Crippen molar-refractivity contribution < 1.29 is 18.8 Å². The van der Waals surface area contributed by atoms with E-state index in [0.717, 1.165) is 0 Å². The Morgan fingerprint density at radius 3 is 1.91 bits per heavy atom. The SMILES string of the molecule is OB(O)C12CC(C(F)F)(C1)C2. The van der Waals surface area contributed by atoms with Gasteiger partial charge in [-0.1, -0.05) is 0 Å². The molecule has 0 saturated heterocycles. The summed E-state index contributed by atoms with van der Waals surface area (Å²) in [5, 5.41) is 17.0. The summed E-state index contributed by atoms with van der Waals surface area (Å²) in [5.74, 6) is 0. The van der Waals surface area contributed by atoms with Crippen LogP contribution in [0.3, 0.4) is 0 Å². The minimum atomic E-state index is -2.29. The van der Waals surface area contributed by atoms with Gasteiger partial charge in [0.05, 0.1) is 0 Å². The van der Waals surface area contributed by atoms with Crippen LogP contribution in [0.5, 0.6) is 0 Å². The number of hydrogen-bond acceptors (Lipinski definition) is 2. The van der Waals surface area contributed by atoms with E-state index in [-0.39, 0.29) is 19.3 Å². The van der Waals surface area contributed by atoms with E-state index in [1.165, 1.54) is 0 Å². The second-order valence-corrected chi connectivity index (χ2v) is 3.93. The first-order valence-corrected chi connectivity index (χ1v) is 3.65. The van der Waals surface area contributed by atoms with Gasteiger partial charge in [-0.15, -0.1) is 0 Å². The Hall–Kier alpha value is -0.155. The van der Waals surface area contributed by atoms with E-state index in [0.29, 0.717) is 0 Å². The van der Waals surface area contributed by atoms with E-state index in [9.17, 15) is 8.78 Å². The molecule has 3 aliphatic rings. The number of alkyl halides is 2. The van der Waals surface area contributed by atoms with Gasteiger partial charge in [0.1, 0.15) is 0 Å². The third kappa shape index (κ3) is 0.680. The molecule has 0 radical (unpaired) electrons. The van der Waals surface area contributed by atoms with Crippen molar-refractivity contribution in [1.29, 1.82) is 0 Å². The molecule has 0 aromatic rings. The Morgan fingerprint density at radius 2 is 1.64 bits per heavy atom. The molecular formula is C6H9BF2O2. The monoisotopic (exact) mass is 162 g/mol. The molecule has 3 rings (SSSR count). The highest BCUT2D eigenvalue weighted by Crippen LogP contribution is 2.80. The van der Waals surface area contributed by atoms with Gasteiger partial charge in [0.25, 0.3) is 0 Å². The maximum atomic E-state index is 12.2. The summed E-state index contributed by atoms with van der Waals surface area (Å²) >= 11 is 0. The minimum absolute atomic E-state index is 0.287. The van der Waals surface area contributed by atoms with Gasteiger partial charge in [0.15, 0.2) is 0 Å². The van der Waals surface area contributed by atoms with Crippen molar-refractivity contribution in [3.05, 3.63) is 0 Å². The molecule has 3 saturated carbocycles. The molecule has 11 heavy (non-hydrogen) atoms. The number of rotatable bonds is 2. The van der Waals surface area contributed by atoms with Crippen LogP contribution in [0.2, 0.25) is 5.31 Å². The van der Waals surface area contributed by atoms with Crippen LogP contribution in [0.1, 0.15) is 19.3 Å². The maximum absolute atomic E-state index is 12.2. The summed E-state index contributed by atoms with van der Waals surface area (Å²) in [6.07, 6.45) is -1.43. The minimum Gasteiger partial charge on any atom is -0.427 e. The second kappa shape index (κ2) is 1.77. The van der Waals surface area contributed by atoms with Gasteiger partial charge in [-0.05, 0) is 19.3 Å². The highest BCUT2D eigenvalue weighted by Gasteiger charge is 2.75. The van der Waals surface area contributed by atoms with Crippen LogP contribution in [0.15, 0.2) is 0 Å². The molecule has 2 N–H and O–H groups in total. The van der Waals surface area contributed by atoms with E-state index in [2.05, 4.69) is 0 Å². The average Bonchev–Trinajstić information content (AvgIpc) is 1.51. The van der Waals surface area contributed by atoms with Crippen LogP contribution in [-0.4, -0.2) is 23.6 Å². The van der Waals surface area contributed by atoms with Crippen LogP contribution >= 0.6 is 0 Å². The van der Waals surface area contributed by atoms with E-state index in [4.69, 9.17) is 10.0 Å². The van der Waals surface area contributed by atoms with E-state index < -0.39 is 24.3 Å². The predicted octanol–water partition coefficient (Wildman–Crippen LogP) is 0.649. The Morgan fingerprint density at radius 1 is 1.18 bits per heavy atom. The molecule has 2 nitrogen and oxygen atoms in total. The van der Waals surface area contributed by atoms with Crippen molar-refractivity contribution in [2.75, 3.05) is 0 Å². The van der Waals surface area contributed by atoms with Crippen LogP contribution in [0, 0.1) is 5.41 Å². The molecule has 0 aromatic carbocycles. The Balaban J connectivity index is 1.99. The van der Waals surface area contributed by atoms with Gasteiger partial charge in [0, 0.05) is 10.7 Å². The standard InChI is InChI=1S/C6H9BF2O2/c8-4(9)5-1-6(2-5,3-5)7(10)11/h4,10-11H,1-3H2. The maximum Gasteiger partial charge on any atom is 0.458 e. The molecule has 5 heteroatoms. The van der Waals surface area contributed by atoms with Gasteiger partial charge < -0.3 is 10.0 Å². The summed E-state index contributed by atoms with van der Waals surface area (Å²) in [4.78, 5) is 0. The number of halogens is 2. The summed E-state index contributed by atoms with van der Waals surface area (Å²) in [5.41, 5.74) is -0.844. The Bertz CT molecular complexity index is 157. The summed E-state index contributed by atoms with van der Waals surface area (Å²) in [7, 11) is -1.40. The quantitative estimate of drug-likeness (QED) is 0.585. The van der Waals surface area contributed by atoms with E-state index >= 15 is 0 Å². The molecule has 0 aliphatic heterocycles. The highest BCUT2D eigenvalue weighted by molar-refractivity contribution is 6.46. The highest BCUT2D eigenvalue weighted by atomic mass is 19.3. The lowest BCUT2D eigenvalue weighted by molar-refractivity contribution is -0.197. The lowest BCUT2D eigenvalue weighted by atomic mass is 9.24. The first kappa shape index (κ1) is 7.49. The first-order valence-electron chi connectivity index (χ1n) is 3.65. The fourth-order valence-corrected chi connectivity index (χ4v) is 2.45. The van der Waals surface area contributed by atoms with Crippen molar-refractivity contribution in [3.8, 4) is 0 Å². The van der Waals surface area contributed by atoms with Crippen molar-refractivity contribution in [2.45, 2.75) is 31.0 Å². The van der Waals surface area contributed by atoms with Crippen LogP contribution in [0.4, 0.5) is 8.78 Å². The van der Waals surface area contributed by atoms with Gasteiger partial charge in [-0.3, -0.25) is 0 Å². The van der Waals surface area contributed by atoms with Gasteiger partial charge >= 0.3 is 7.12 Å². The third-order valence-electron chi connectivity index (χ3n) is 3.12. The fourth-order valence-electron chi connectivity index (χ4n) is 2.45. The van der Waals surface area contributed by atoms with Gasteiger partial charge in [0.2, 0.25) is 6.43 Å². The van der Waals surface area contributed by atoms with Crippen molar-refractivity contribution in [1.82, 2.24) is 0 Å². The second-order valence-electron chi connectivity index (χ2n) is 3.93. The van der Waals surface area contributed by atoms with Crippen molar-refractivity contribution >= 4 is 7.12 Å². The van der Waals surface area contributed by atoms with Crippen molar-refractivity contribution in [2.24, 2.45) is 5.41 Å². The molecule has 2 bridgehead atoms.